The van der Waals surface area contributed by atoms with Gasteiger partial charge in [-0.3, -0.25) is 0 Å². The molecule has 8 nitrogen and oxygen atoms in total. The van der Waals surface area contributed by atoms with Gasteiger partial charge in [-0.1, -0.05) is 0 Å². The third-order valence-electron chi connectivity index (χ3n) is 7.04. The van der Waals surface area contributed by atoms with Crippen molar-refractivity contribution in [2.45, 2.75) is 31.9 Å². The number of alkyl halides is 2. The zero-order valence-electron chi connectivity index (χ0n) is 17.0. The van der Waals surface area contributed by atoms with Crippen molar-refractivity contribution in [1.82, 2.24) is 15.0 Å². The lowest BCUT2D eigenvalue weighted by molar-refractivity contribution is -0.0985. The van der Waals surface area contributed by atoms with E-state index < -0.39 is 6.61 Å². The number of rotatable bonds is 5. The van der Waals surface area contributed by atoms with Gasteiger partial charge in [0.1, 0.15) is 5.82 Å². The second-order valence-electron chi connectivity index (χ2n) is 9.21. The van der Waals surface area contributed by atoms with Crippen LogP contribution in [0.25, 0.3) is 11.3 Å². The molecule has 6 heterocycles. The molecule has 31 heavy (non-hydrogen) atoms. The lowest BCUT2D eigenvalue weighted by Gasteiger charge is -2.37. The molecule has 5 aliphatic rings. The van der Waals surface area contributed by atoms with Gasteiger partial charge < -0.3 is 25.0 Å². The molecule has 0 amide bonds. The average Bonchev–Trinajstić information content (AvgIpc) is 3.42. The summed E-state index contributed by atoms with van der Waals surface area (Å²) in [7, 11) is 0. The number of aromatic nitrogens is 3. The summed E-state index contributed by atoms with van der Waals surface area (Å²) < 4.78 is 35.5. The number of nitrogens with two attached hydrogens (primary N) is 1. The molecule has 1 saturated carbocycles. The maximum Gasteiger partial charge on any atom is 0.387 e. The lowest BCUT2D eigenvalue weighted by atomic mass is 9.85. The molecule has 2 aromatic heterocycles. The molecule has 0 unspecified atom stereocenters. The number of ether oxygens (including phenoxy) is 2. The van der Waals surface area contributed by atoms with Crippen LogP contribution < -0.4 is 20.3 Å². The highest BCUT2D eigenvalue weighted by atomic mass is 19.3. The number of nitrogen functional groups attached to an aromatic ring is 1. The maximum atomic E-state index is 12.8. The van der Waals surface area contributed by atoms with Gasteiger partial charge in [-0.2, -0.15) is 13.8 Å². The summed E-state index contributed by atoms with van der Waals surface area (Å²) >= 11 is 0. The van der Waals surface area contributed by atoms with Crippen molar-refractivity contribution in [1.29, 1.82) is 0 Å². The van der Waals surface area contributed by atoms with Crippen molar-refractivity contribution < 1.29 is 18.3 Å². The number of pyridine rings is 1. The quantitative estimate of drug-likeness (QED) is 0.774. The summed E-state index contributed by atoms with van der Waals surface area (Å²) in [5, 5.41) is 0. The minimum absolute atomic E-state index is 0.0783. The Bertz CT molecular complexity index is 1010. The second kappa shape index (κ2) is 6.88. The Morgan fingerprint density at radius 3 is 2.71 bits per heavy atom. The first-order valence-corrected chi connectivity index (χ1v) is 10.7. The van der Waals surface area contributed by atoms with Gasteiger partial charge in [0.2, 0.25) is 5.95 Å². The number of hydrogen-bond acceptors (Lipinski definition) is 8. The fraction of sp³-hybridized carbons (Fsp3) is 0.571. The molecule has 5 fully saturated rings. The van der Waals surface area contributed by atoms with E-state index in [4.69, 9.17) is 20.4 Å². The molecule has 4 aliphatic heterocycles. The highest BCUT2D eigenvalue weighted by Gasteiger charge is 2.46. The lowest BCUT2D eigenvalue weighted by Crippen LogP contribution is -2.44. The van der Waals surface area contributed by atoms with Crippen LogP contribution in [0.5, 0.6) is 5.75 Å². The first-order chi connectivity index (χ1) is 15.0. The molecule has 0 radical (unpaired) electrons. The van der Waals surface area contributed by atoms with E-state index in [2.05, 4.69) is 19.5 Å². The van der Waals surface area contributed by atoms with Gasteiger partial charge in [0, 0.05) is 48.9 Å². The van der Waals surface area contributed by atoms with Gasteiger partial charge in [0.25, 0.3) is 0 Å². The largest absolute Gasteiger partial charge is 0.431 e. The van der Waals surface area contributed by atoms with Crippen molar-refractivity contribution >= 4 is 17.6 Å². The highest BCUT2D eigenvalue weighted by molar-refractivity contribution is 5.68. The molecular weight excluding hydrogens is 406 g/mol. The SMILES string of the molecule is Nc1ncc(-c2cc(N3CCC4(COC4)C3)nc(N3CC4CC3C4)n2)cc1OC(F)F. The Kier molecular flexibility index (Phi) is 4.21. The van der Waals surface area contributed by atoms with Crippen LogP contribution in [0.1, 0.15) is 19.3 Å². The zero-order chi connectivity index (χ0) is 21.2. The molecule has 0 aromatic carbocycles. The number of nitrogens with zero attached hydrogens (tertiary/aromatic N) is 5. The van der Waals surface area contributed by atoms with E-state index in [1.807, 2.05) is 6.07 Å². The second-order valence-corrected chi connectivity index (χ2v) is 9.21. The predicted molar refractivity (Wildman–Crippen MR) is 110 cm³/mol. The first-order valence-electron chi connectivity index (χ1n) is 10.7. The Balaban J connectivity index is 1.38. The number of fused-ring (bicyclic) bond motifs is 1. The van der Waals surface area contributed by atoms with Gasteiger partial charge >= 0.3 is 6.61 Å². The van der Waals surface area contributed by atoms with E-state index in [-0.39, 0.29) is 17.0 Å². The minimum atomic E-state index is -2.97. The van der Waals surface area contributed by atoms with Crippen molar-refractivity contribution in [3.8, 4) is 17.0 Å². The fourth-order valence-corrected chi connectivity index (χ4v) is 5.18. The number of anilines is 3. The summed E-state index contributed by atoms with van der Waals surface area (Å²) in [6.45, 7) is 1.38. The van der Waals surface area contributed by atoms with Crippen molar-refractivity contribution in [3.05, 3.63) is 18.3 Å². The van der Waals surface area contributed by atoms with E-state index in [0.29, 0.717) is 29.2 Å². The standard InChI is InChI=1S/C21H24F2N6O2/c22-19(23)31-16-5-13(7-25-18(16)24)15-6-17(28-2-1-21(9-28)10-30-11-21)27-20(26-15)29-8-12-3-14(29)4-12/h5-7,12,14,19H,1-4,8-11H2,(H2,24,25). The van der Waals surface area contributed by atoms with Crippen LogP contribution in [0.2, 0.25) is 0 Å². The summed E-state index contributed by atoms with van der Waals surface area (Å²) in [5.41, 5.74) is 7.14. The van der Waals surface area contributed by atoms with Crippen LogP contribution >= 0.6 is 0 Å². The predicted octanol–water partition coefficient (Wildman–Crippen LogP) is 2.55. The topological polar surface area (TPSA) is 89.6 Å². The smallest absolute Gasteiger partial charge is 0.387 e. The summed E-state index contributed by atoms with van der Waals surface area (Å²) in [6, 6.07) is 3.86. The average molecular weight is 430 g/mol. The Morgan fingerprint density at radius 2 is 2.06 bits per heavy atom. The van der Waals surface area contributed by atoms with E-state index >= 15 is 0 Å². The Morgan fingerprint density at radius 1 is 1.23 bits per heavy atom. The third kappa shape index (κ3) is 3.24. The van der Waals surface area contributed by atoms with E-state index in [1.54, 1.807) is 6.20 Å². The first kappa shape index (κ1) is 19.0. The molecule has 10 heteroatoms. The van der Waals surface area contributed by atoms with Crippen LogP contribution in [0.4, 0.5) is 26.4 Å². The van der Waals surface area contributed by atoms with Crippen molar-refractivity contribution in [3.63, 3.8) is 0 Å². The molecule has 4 saturated heterocycles. The minimum Gasteiger partial charge on any atom is -0.431 e. The number of hydrogen-bond donors (Lipinski definition) is 1. The summed E-state index contributed by atoms with van der Waals surface area (Å²) in [5.74, 6) is 2.03. The van der Waals surface area contributed by atoms with E-state index in [9.17, 15) is 8.78 Å². The van der Waals surface area contributed by atoms with Gasteiger partial charge in [0.05, 0.1) is 18.9 Å². The zero-order valence-corrected chi connectivity index (χ0v) is 17.0. The van der Waals surface area contributed by atoms with Crippen LogP contribution in [0.15, 0.2) is 18.3 Å². The van der Waals surface area contributed by atoms with Crippen molar-refractivity contribution in [2.24, 2.45) is 11.3 Å². The van der Waals surface area contributed by atoms with Gasteiger partial charge in [0.15, 0.2) is 11.6 Å². The van der Waals surface area contributed by atoms with Crippen LogP contribution in [-0.4, -0.2) is 60.5 Å². The Hall–Kier alpha value is -2.75. The Labute approximate surface area is 178 Å². The molecule has 7 rings (SSSR count). The van der Waals surface area contributed by atoms with E-state index in [0.717, 1.165) is 45.1 Å². The fourth-order valence-electron chi connectivity index (χ4n) is 5.18. The monoisotopic (exact) mass is 430 g/mol. The molecule has 164 valence electrons. The highest BCUT2D eigenvalue weighted by Crippen LogP contribution is 2.44. The molecule has 0 atom stereocenters. The van der Waals surface area contributed by atoms with Gasteiger partial charge in [-0.15, -0.1) is 0 Å². The van der Waals surface area contributed by atoms with Gasteiger partial charge in [-0.05, 0) is 31.2 Å². The van der Waals surface area contributed by atoms with Gasteiger partial charge in [-0.25, -0.2) is 9.97 Å². The molecular formula is C21H24F2N6O2. The molecule has 1 aliphatic carbocycles. The van der Waals surface area contributed by atoms with Crippen LogP contribution in [-0.2, 0) is 4.74 Å². The van der Waals surface area contributed by atoms with E-state index in [1.165, 1.54) is 18.9 Å². The summed E-state index contributed by atoms with van der Waals surface area (Å²) in [4.78, 5) is 18.3. The normalized spacial score (nSPS) is 25.8. The molecule has 1 spiro atoms. The van der Waals surface area contributed by atoms with Crippen LogP contribution in [0.3, 0.4) is 0 Å². The third-order valence-corrected chi connectivity index (χ3v) is 7.04. The van der Waals surface area contributed by atoms with Crippen molar-refractivity contribution in [2.75, 3.05) is 48.4 Å². The number of halogens is 2. The van der Waals surface area contributed by atoms with Crippen LogP contribution in [0, 0.1) is 11.3 Å². The molecule has 2 N–H and O–H groups in total. The molecule has 2 aromatic rings. The molecule has 2 bridgehead atoms. The summed E-state index contributed by atoms with van der Waals surface area (Å²) in [6.07, 6.45) is 4.98. The maximum absolute atomic E-state index is 12.8.